The summed E-state index contributed by atoms with van der Waals surface area (Å²) in [6, 6.07) is 6.94. The SMILES string of the molecule is CCCCn1c(=O)[nH]c(=O)c2c1nc(CNc1cccc(C(=O)OC)c1)n2CC. The summed E-state index contributed by atoms with van der Waals surface area (Å²) < 4.78 is 8.07. The van der Waals surface area contributed by atoms with Crippen LogP contribution in [0.1, 0.15) is 42.9 Å². The van der Waals surface area contributed by atoms with E-state index in [-0.39, 0.29) is 0 Å². The van der Waals surface area contributed by atoms with Crippen molar-refractivity contribution in [3.63, 3.8) is 0 Å². The molecule has 0 aliphatic carbocycles. The Morgan fingerprint density at radius 2 is 2.03 bits per heavy atom. The molecule has 1 aromatic carbocycles. The van der Waals surface area contributed by atoms with Crippen LogP contribution in [0.25, 0.3) is 11.2 Å². The molecule has 0 radical (unpaired) electrons. The fourth-order valence-corrected chi connectivity index (χ4v) is 3.27. The molecule has 0 saturated heterocycles. The van der Waals surface area contributed by atoms with Crippen molar-refractivity contribution in [1.82, 2.24) is 19.1 Å². The van der Waals surface area contributed by atoms with E-state index in [2.05, 4.69) is 15.3 Å². The Morgan fingerprint density at radius 3 is 2.72 bits per heavy atom. The number of nitrogens with one attached hydrogen (secondary N) is 2. The number of methoxy groups -OCH3 is 1. The summed E-state index contributed by atoms with van der Waals surface area (Å²) in [5.41, 5.74) is 1.07. The second kappa shape index (κ2) is 8.76. The number of benzene rings is 1. The normalized spacial score (nSPS) is 11.0. The Balaban J connectivity index is 1.98. The summed E-state index contributed by atoms with van der Waals surface area (Å²) in [4.78, 5) is 43.4. The molecule has 0 atom stereocenters. The van der Waals surface area contributed by atoms with E-state index in [0.29, 0.717) is 42.2 Å². The average Bonchev–Trinajstić information content (AvgIpc) is 3.10. The maximum Gasteiger partial charge on any atom is 0.337 e. The summed E-state index contributed by atoms with van der Waals surface area (Å²) >= 11 is 0. The molecule has 0 bridgehead atoms. The van der Waals surface area contributed by atoms with Crippen LogP contribution in [-0.2, 0) is 24.4 Å². The van der Waals surface area contributed by atoms with Crippen molar-refractivity contribution in [3.05, 3.63) is 56.5 Å². The molecule has 2 aromatic heterocycles. The molecule has 29 heavy (non-hydrogen) atoms. The Hall–Kier alpha value is -3.36. The van der Waals surface area contributed by atoms with Gasteiger partial charge >= 0.3 is 11.7 Å². The van der Waals surface area contributed by atoms with Gasteiger partial charge in [-0.15, -0.1) is 0 Å². The van der Waals surface area contributed by atoms with E-state index in [1.807, 2.05) is 19.9 Å². The second-order valence-electron chi connectivity index (χ2n) is 6.63. The first kappa shape index (κ1) is 20.4. The number of ether oxygens (including phenoxy) is 1. The lowest BCUT2D eigenvalue weighted by molar-refractivity contribution is 0.0601. The molecule has 0 unspecified atom stereocenters. The second-order valence-corrected chi connectivity index (χ2v) is 6.63. The topological polar surface area (TPSA) is 111 Å². The largest absolute Gasteiger partial charge is 0.465 e. The number of nitrogens with zero attached hydrogens (tertiary/aromatic N) is 3. The highest BCUT2D eigenvalue weighted by Gasteiger charge is 2.17. The van der Waals surface area contributed by atoms with Gasteiger partial charge in [-0.2, -0.15) is 0 Å². The third kappa shape index (κ3) is 4.08. The molecule has 3 aromatic rings. The van der Waals surface area contributed by atoms with Gasteiger partial charge in [0.1, 0.15) is 5.82 Å². The highest BCUT2D eigenvalue weighted by molar-refractivity contribution is 5.90. The van der Waals surface area contributed by atoms with Crippen LogP contribution in [0.2, 0.25) is 0 Å². The number of imidazole rings is 1. The van der Waals surface area contributed by atoms with Crippen molar-refractivity contribution >= 4 is 22.8 Å². The van der Waals surface area contributed by atoms with Gasteiger partial charge in [-0.1, -0.05) is 19.4 Å². The minimum atomic E-state index is -0.443. The quantitative estimate of drug-likeness (QED) is 0.561. The van der Waals surface area contributed by atoms with Crippen molar-refractivity contribution in [3.8, 4) is 0 Å². The van der Waals surface area contributed by atoms with Crippen LogP contribution in [0, 0.1) is 0 Å². The number of aromatic amines is 1. The molecule has 0 aliphatic rings. The molecule has 2 heterocycles. The van der Waals surface area contributed by atoms with Crippen LogP contribution < -0.4 is 16.6 Å². The van der Waals surface area contributed by atoms with Crippen LogP contribution in [0.5, 0.6) is 0 Å². The average molecular weight is 399 g/mol. The van der Waals surface area contributed by atoms with Crippen LogP contribution in [0.3, 0.4) is 0 Å². The molecule has 2 N–H and O–H groups in total. The molecule has 9 nitrogen and oxygen atoms in total. The fraction of sp³-hybridized carbons (Fsp3) is 0.400. The van der Waals surface area contributed by atoms with Gasteiger partial charge in [0.05, 0.1) is 19.2 Å². The number of rotatable bonds is 8. The highest BCUT2D eigenvalue weighted by Crippen LogP contribution is 2.16. The van der Waals surface area contributed by atoms with Gasteiger partial charge in [0.15, 0.2) is 11.2 Å². The fourth-order valence-electron chi connectivity index (χ4n) is 3.27. The van der Waals surface area contributed by atoms with Gasteiger partial charge in [-0.05, 0) is 31.5 Å². The van der Waals surface area contributed by atoms with Crippen molar-refractivity contribution in [2.45, 2.75) is 46.3 Å². The first-order chi connectivity index (χ1) is 14.0. The zero-order valence-electron chi connectivity index (χ0n) is 16.8. The number of carbonyl (C=O) groups is 1. The summed E-state index contributed by atoms with van der Waals surface area (Å²) in [5.74, 6) is 0.216. The summed E-state index contributed by atoms with van der Waals surface area (Å²) in [6.07, 6.45) is 1.74. The van der Waals surface area contributed by atoms with Crippen molar-refractivity contribution in [2.75, 3.05) is 12.4 Å². The Morgan fingerprint density at radius 1 is 1.24 bits per heavy atom. The molecular formula is C20H25N5O4. The molecule has 3 rings (SSSR count). The monoisotopic (exact) mass is 399 g/mol. The zero-order valence-corrected chi connectivity index (χ0v) is 16.8. The lowest BCUT2D eigenvalue weighted by atomic mass is 10.2. The number of H-pyrrole nitrogens is 1. The van der Waals surface area contributed by atoms with Crippen LogP contribution in [0.4, 0.5) is 5.69 Å². The predicted molar refractivity (Wildman–Crippen MR) is 110 cm³/mol. The molecule has 154 valence electrons. The Kier molecular flexibility index (Phi) is 6.16. The number of anilines is 1. The minimum Gasteiger partial charge on any atom is -0.465 e. The Labute approximate surface area is 167 Å². The van der Waals surface area contributed by atoms with E-state index in [4.69, 9.17) is 4.74 Å². The maximum atomic E-state index is 12.4. The molecule has 0 spiro atoms. The van der Waals surface area contributed by atoms with Crippen molar-refractivity contribution in [1.29, 1.82) is 0 Å². The lowest BCUT2D eigenvalue weighted by Crippen LogP contribution is -2.31. The van der Waals surface area contributed by atoms with Gasteiger partial charge in [-0.3, -0.25) is 14.3 Å². The number of fused-ring (bicyclic) bond motifs is 1. The van der Waals surface area contributed by atoms with E-state index in [1.54, 1.807) is 22.8 Å². The number of hydrogen-bond donors (Lipinski definition) is 2. The number of esters is 1. The third-order valence-corrected chi connectivity index (χ3v) is 4.75. The summed E-state index contributed by atoms with van der Waals surface area (Å²) in [5, 5.41) is 3.22. The van der Waals surface area contributed by atoms with E-state index >= 15 is 0 Å². The molecule has 0 saturated carbocycles. The smallest absolute Gasteiger partial charge is 0.337 e. The van der Waals surface area contributed by atoms with Gasteiger partial charge in [0.25, 0.3) is 5.56 Å². The van der Waals surface area contributed by atoms with Crippen molar-refractivity contribution in [2.24, 2.45) is 0 Å². The first-order valence-corrected chi connectivity index (χ1v) is 9.64. The number of carbonyl (C=O) groups excluding carboxylic acids is 1. The Bertz CT molecular complexity index is 1140. The molecule has 9 heteroatoms. The molecule has 0 aliphatic heterocycles. The number of aromatic nitrogens is 4. The summed E-state index contributed by atoms with van der Waals surface area (Å²) in [7, 11) is 1.33. The molecular weight excluding hydrogens is 374 g/mol. The van der Waals surface area contributed by atoms with E-state index in [1.165, 1.54) is 11.7 Å². The lowest BCUT2D eigenvalue weighted by Gasteiger charge is -2.09. The van der Waals surface area contributed by atoms with Gasteiger partial charge in [0.2, 0.25) is 0 Å². The highest BCUT2D eigenvalue weighted by atomic mass is 16.5. The number of aryl methyl sites for hydroxylation is 2. The first-order valence-electron chi connectivity index (χ1n) is 9.64. The molecule has 0 amide bonds. The van der Waals surface area contributed by atoms with Crippen molar-refractivity contribution < 1.29 is 9.53 Å². The molecule has 0 fully saturated rings. The predicted octanol–water partition coefficient (Wildman–Crippen LogP) is 2.10. The van der Waals surface area contributed by atoms with Crippen LogP contribution >= 0.6 is 0 Å². The van der Waals surface area contributed by atoms with Gasteiger partial charge < -0.3 is 14.6 Å². The van der Waals surface area contributed by atoms with E-state index < -0.39 is 17.2 Å². The summed E-state index contributed by atoms with van der Waals surface area (Å²) in [6.45, 7) is 5.32. The van der Waals surface area contributed by atoms with Gasteiger partial charge in [-0.25, -0.2) is 14.6 Å². The third-order valence-electron chi connectivity index (χ3n) is 4.75. The number of unbranched alkanes of at least 4 members (excludes halogenated alkanes) is 1. The standard InChI is InChI=1S/C20H25N5O4/c1-4-6-10-25-17-16(18(26)23-20(25)28)24(5-2)15(22-17)12-21-14-9-7-8-13(11-14)19(27)29-3/h7-9,11,21H,4-6,10,12H2,1-3H3,(H,23,26,28). The van der Waals surface area contributed by atoms with E-state index in [9.17, 15) is 14.4 Å². The van der Waals surface area contributed by atoms with Crippen LogP contribution in [0.15, 0.2) is 33.9 Å². The van der Waals surface area contributed by atoms with Crippen LogP contribution in [-0.4, -0.2) is 32.2 Å². The number of hydrogen-bond acceptors (Lipinski definition) is 6. The maximum absolute atomic E-state index is 12.4. The van der Waals surface area contributed by atoms with E-state index in [0.717, 1.165) is 18.5 Å². The zero-order chi connectivity index (χ0) is 21.0. The minimum absolute atomic E-state index is 0.328. The van der Waals surface area contributed by atoms with Gasteiger partial charge in [0, 0.05) is 18.8 Å².